The molecule has 6 nitrogen and oxygen atoms in total. The van der Waals surface area contributed by atoms with E-state index in [0.717, 1.165) is 29.7 Å². The molecule has 7 heteroatoms. The Morgan fingerprint density at radius 2 is 1.91 bits per heavy atom. The highest BCUT2D eigenvalue weighted by Crippen LogP contribution is 2.26. The maximum atomic E-state index is 12.1. The van der Waals surface area contributed by atoms with Crippen LogP contribution in [0.5, 0.6) is 0 Å². The van der Waals surface area contributed by atoms with Crippen molar-refractivity contribution in [2.24, 2.45) is 0 Å². The lowest BCUT2D eigenvalue weighted by Crippen LogP contribution is -2.49. The fourth-order valence-electron chi connectivity index (χ4n) is 2.84. The molecule has 126 valence electrons. The number of carbonyl (C=O) groups excluding carboxylic acids is 1. The minimum Gasteiger partial charge on any atom is -0.459 e. The van der Waals surface area contributed by atoms with Crippen LogP contribution in [0.2, 0.25) is 0 Å². The largest absolute Gasteiger partial charge is 0.459 e. The molecule has 1 saturated heterocycles. The third-order valence-electron chi connectivity index (χ3n) is 4.37. The van der Waals surface area contributed by atoms with Crippen LogP contribution in [0.1, 0.15) is 28.8 Å². The van der Waals surface area contributed by atoms with E-state index in [2.05, 4.69) is 7.05 Å². The number of likely N-dealkylation sites (N-methyl/N-ethyl adjacent to an activating group) is 1. The minimum absolute atomic E-state index is 0.0215. The van der Waals surface area contributed by atoms with Gasteiger partial charge in [-0.25, -0.2) is 0 Å². The number of benzene rings is 1. The standard InChI is InChI=1S/C16H22IN2O4/c1-19(9-3-2-4-10-19)11-12-23-16(20)15(17)13-5-7-14(8-6-13)18(21)22/h5-8,15H,2-4,9-12H2,1H3/q+1. The quantitative estimate of drug-likeness (QED) is 0.173. The van der Waals surface area contributed by atoms with E-state index < -0.39 is 8.85 Å². The molecular weight excluding hydrogens is 411 g/mol. The number of nitro benzene ring substituents is 1. The van der Waals surface area contributed by atoms with Gasteiger partial charge in [0.05, 0.1) is 25.1 Å². The molecule has 0 aliphatic carbocycles. The average molecular weight is 433 g/mol. The number of ether oxygens (including phenoxy) is 1. The van der Waals surface area contributed by atoms with E-state index in [0.29, 0.717) is 6.61 Å². The second-order valence-electron chi connectivity index (χ2n) is 6.23. The molecule has 1 aromatic carbocycles. The smallest absolute Gasteiger partial charge is 0.323 e. The Kier molecular flexibility index (Phi) is 6.34. The van der Waals surface area contributed by atoms with Crippen molar-refractivity contribution in [2.45, 2.75) is 23.2 Å². The predicted molar refractivity (Wildman–Crippen MR) is 95.5 cm³/mol. The number of nitrogens with zero attached hydrogens (tertiary/aromatic N) is 2. The molecule has 0 aromatic heterocycles. The number of quaternary nitrogens is 1. The molecule has 0 amide bonds. The van der Waals surface area contributed by atoms with Gasteiger partial charge in [0.2, 0.25) is 0 Å². The highest BCUT2D eigenvalue weighted by atomic mass is 127. The Morgan fingerprint density at radius 1 is 1.30 bits per heavy atom. The summed E-state index contributed by atoms with van der Waals surface area (Å²) in [6.45, 7) is 3.55. The molecule has 23 heavy (non-hydrogen) atoms. The summed E-state index contributed by atoms with van der Waals surface area (Å²) in [5, 5.41) is 10.6. The van der Waals surface area contributed by atoms with Crippen LogP contribution < -0.4 is 0 Å². The van der Waals surface area contributed by atoms with Gasteiger partial charge in [-0.1, -0.05) is 34.7 Å². The number of hydrogen-bond donors (Lipinski definition) is 0. The Hall–Kier alpha value is -1.22. The number of hydrogen-bond acceptors (Lipinski definition) is 4. The molecule has 1 unspecified atom stereocenters. The Morgan fingerprint density at radius 3 is 2.48 bits per heavy atom. The zero-order chi connectivity index (χ0) is 16.9. The van der Waals surface area contributed by atoms with Crippen molar-refractivity contribution in [3.63, 3.8) is 0 Å². The van der Waals surface area contributed by atoms with E-state index in [4.69, 9.17) is 4.74 Å². The van der Waals surface area contributed by atoms with Crippen molar-refractivity contribution in [1.82, 2.24) is 0 Å². The van der Waals surface area contributed by atoms with Gasteiger partial charge in [-0.3, -0.25) is 14.9 Å². The molecule has 1 aliphatic heterocycles. The topological polar surface area (TPSA) is 69.4 Å². The number of nitro groups is 1. The van der Waals surface area contributed by atoms with Crippen molar-refractivity contribution in [1.29, 1.82) is 0 Å². The molecule has 0 saturated carbocycles. The summed E-state index contributed by atoms with van der Waals surface area (Å²) in [6.07, 6.45) is 3.77. The molecule has 1 fully saturated rings. The summed E-state index contributed by atoms with van der Waals surface area (Å²) in [4.78, 5) is 22.3. The van der Waals surface area contributed by atoms with E-state index in [1.54, 1.807) is 12.1 Å². The van der Waals surface area contributed by atoms with E-state index in [9.17, 15) is 14.9 Å². The number of rotatable bonds is 6. The number of carbonyl (C=O) groups is 1. The molecule has 1 aliphatic rings. The highest BCUT2D eigenvalue weighted by Gasteiger charge is 2.26. The van der Waals surface area contributed by atoms with E-state index in [1.165, 1.54) is 31.4 Å². The van der Waals surface area contributed by atoms with Crippen LogP contribution in [0.4, 0.5) is 5.69 Å². The van der Waals surface area contributed by atoms with E-state index >= 15 is 0 Å². The predicted octanol–water partition coefficient (Wildman–Crippen LogP) is 3.24. The van der Waals surface area contributed by atoms with Gasteiger partial charge in [0.25, 0.3) is 5.69 Å². The number of halogens is 1. The van der Waals surface area contributed by atoms with Crippen molar-refractivity contribution in [2.75, 3.05) is 33.3 Å². The summed E-state index contributed by atoms with van der Waals surface area (Å²) in [6, 6.07) is 6.03. The average Bonchev–Trinajstić information content (AvgIpc) is 2.54. The third-order valence-corrected chi connectivity index (χ3v) is 5.60. The van der Waals surface area contributed by atoms with Crippen LogP contribution in [0.3, 0.4) is 0 Å². The lowest BCUT2D eigenvalue weighted by molar-refractivity contribution is -0.914. The van der Waals surface area contributed by atoms with Gasteiger partial charge in [-0.2, -0.15) is 0 Å². The molecular formula is C16H22IN2O4+. The van der Waals surface area contributed by atoms with Gasteiger partial charge in [0.15, 0.2) is 0 Å². The van der Waals surface area contributed by atoms with Crippen LogP contribution in [-0.4, -0.2) is 48.7 Å². The molecule has 1 aromatic rings. The second kappa shape index (κ2) is 8.05. The minimum atomic E-state index is -0.451. The van der Waals surface area contributed by atoms with Gasteiger partial charge < -0.3 is 9.22 Å². The van der Waals surface area contributed by atoms with Crippen LogP contribution in [0.25, 0.3) is 0 Å². The van der Waals surface area contributed by atoms with E-state index in [1.807, 2.05) is 22.6 Å². The third kappa shape index (κ3) is 5.13. The first-order valence-electron chi connectivity index (χ1n) is 7.80. The number of piperidine rings is 1. The lowest BCUT2D eigenvalue weighted by atomic mass is 10.1. The monoisotopic (exact) mass is 433 g/mol. The first-order chi connectivity index (χ1) is 10.9. The van der Waals surface area contributed by atoms with Crippen molar-refractivity contribution in [3.05, 3.63) is 39.9 Å². The van der Waals surface area contributed by atoms with Gasteiger partial charge in [-0.15, -0.1) is 0 Å². The normalized spacial score (nSPS) is 18.2. The summed E-state index contributed by atoms with van der Waals surface area (Å²) >= 11 is 2.01. The summed E-state index contributed by atoms with van der Waals surface area (Å²) < 4.78 is 5.93. The number of likely N-dealkylation sites (tertiary alicyclic amines) is 1. The number of esters is 1. The van der Waals surface area contributed by atoms with Gasteiger partial charge >= 0.3 is 5.97 Å². The zero-order valence-electron chi connectivity index (χ0n) is 13.2. The Balaban J connectivity index is 1.83. The Bertz CT molecular complexity index is 556. The van der Waals surface area contributed by atoms with Crippen molar-refractivity contribution >= 4 is 34.2 Å². The van der Waals surface area contributed by atoms with Crippen molar-refractivity contribution in [3.8, 4) is 0 Å². The molecule has 1 atom stereocenters. The molecule has 0 radical (unpaired) electrons. The van der Waals surface area contributed by atoms with Crippen molar-refractivity contribution < 1.29 is 18.9 Å². The van der Waals surface area contributed by atoms with Gasteiger partial charge in [0, 0.05) is 12.1 Å². The number of non-ortho nitro benzene ring substituents is 1. The van der Waals surface area contributed by atoms with Crippen LogP contribution in [0.15, 0.2) is 24.3 Å². The van der Waals surface area contributed by atoms with E-state index in [-0.39, 0.29) is 11.7 Å². The molecule has 1 heterocycles. The van der Waals surface area contributed by atoms with Crippen LogP contribution in [0, 0.1) is 10.1 Å². The maximum absolute atomic E-state index is 12.1. The lowest BCUT2D eigenvalue weighted by Gasteiger charge is -2.37. The second-order valence-corrected chi connectivity index (χ2v) is 7.48. The fraction of sp³-hybridized carbons (Fsp3) is 0.562. The highest BCUT2D eigenvalue weighted by molar-refractivity contribution is 14.1. The summed E-state index contributed by atoms with van der Waals surface area (Å²) in [5.41, 5.74) is 0.743. The Labute approximate surface area is 149 Å². The van der Waals surface area contributed by atoms with Crippen LogP contribution >= 0.6 is 22.6 Å². The SMILES string of the molecule is C[N+]1(CCOC(=O)C(I)c2ccc([N+](=O)[O-])cc2)CCCCC1. The fourth-order valence-corrected chi connectivity index (χ4v) is 3.44. The summed E-state index contributed by atoms with van der Waals surface area (Å²) in [5.74, 6) is -0.289. The summed E-state index contributed by atoms with van der Waals surface area (Å²) in [7, 11) is 2.21. The number of alkyl halides is 1. The van der Waals surface area contributed by atoms with Gasteiger partial charge in [0.1, 0.15) is 17.1 Å². The van der Waals surface area contributed by atoms with Crippen LogP contribution in [-0.2, 0) is 9.53 Å². The molecule has 2 rings (SSSR count). The first-order valence-corrected chi connectivity index (χ1v) is 9.04. The first kappa shape index (κ1) is 18.1. The molecule has 0 spiro atoms. The van der Waals surface area contributed by atoms with Gasteiger partial charge in [-0.05, 0) is 24.8 Å². The molecule has 0 N–H and O–H groups in total. The molecule has 0 bridgehead atoms. The maximum Gasteiger partial charge on any atom is 0.323 e. The zero-order valence-corrected chi connectivity index (χ0v) is 15.4.